The van der Waals surface area contributed by atoms with E-state index in [0.29, 0.717) is 0 Å². The van der Waals surface area contributed by atoms with Crippen LogP contribution in [0, 0.1) is 0 Å². The van der Waals surface area contributed by atoms with Crippen molar-refractivity contribution < 1.29 is 9.53 Å². The summed E-state index contributed by atoms with van der Waals surface area (Å²) in [6.07, 6.45) is 1.88. The molecule has 2 aromatic rings. The van der Waals surface area contributed by atoms with Crippen LogP contribution in [0.25, 0.3) is 11.1 Å². The standard InChI is InChI=1S/C18H16O2/c1-3-18(19)20-12(2)13-8-9-17-15(10-13)11-14-6-4-5-7-16(14)17/h3-10,12H,1,11H2,2H3. The van der Waals surface area contributed by atoms with E-state index in [9.17, 15) is 4.79 Å². The largest absolute Gasteiger partial charge is 0.455 e. The molecule has 20 heavy (non-hydrogen) atoms. The first-order valence-electron chi connectivity index (χ1n) is 6.73. The molecule has 1 aliphatic rings. The molecule has 0 heterocycles. The maximum Gasteiger partial charge on any atom is 0.330 e. The molecule has 3 rings (SSSR count). The van der Waals surface area contributed by atoms with Gasteiger partial charge in [-0.15, -0.1) is 0 Å². The molecule has 0 bridgehead atoms. The van der Waals surface area contributed by atoms with Crippen molar-refractivity contribution in [2.24, 2.45) is 0 Å². The number of rotatable bonds is 3. The van der Waals surface area contributed by atoms with Crippen molar-refractivity contribution in [3.05, 3.63) is 71.8 Å². The zero-order valence-electron chi connectivity index (χ0n) is 11.4. The van der Waals surface area contributed by atoms with Crippen LogP contribution in [-0.4, -0.2) is 5.97 Å². The molecule has 1 unspecified atom stereocenters. The third kappa shape index (κ3) is 2.14. The van der Waals surface area contributed by atoms with E-state index in [4.69, 9.17) is 4.74 Å². The van der Waals surface area contributed by atoms with Gasteiger partial charge in [0.15, 0.2) is 0 Å². The average molecular weight is 264 g/mol. The number of hydrogen-bond donors (Lipinski definition) is 0. The first kappa shape index (κ1) is 12.7. The summed E-state index contributed by atoms with van der Waals surface area (Å²) in [6, 6.07) is 14.7. The van der Waals surface area contributed by atoms with E-state index in [1.807, 2.05) is 13.0 Å². The van der Waals surface area contributed by atoms with Gasteiger partial charge in [0, 0.05) is 6.08 Å². The van der Waals surface area contributed by atoms with Gasteiger partial charge in [-0.05, 0) is 41.2 Å². The van der Waals surface area contributed by atoms with Crippen LogP contribution in [0.2, 0.25) is 0 Å². The molecule has 1 atom stereocenters. The Morgan fingerprint density at radius 3 is 2.75 bits per heavy atom. The fourth-order valence-electron chi connectivity index (χ4n) is 2.71. The predicted molar refractivity (Wildman–Crippen MR) is 79.4 cm³/mol. The second-order valence-corrected chi connectivity index (χ2v) is 5.03. The molecule has 1 aliphatic carbocycles. The van der Waals surface area contributed by atoms with Crippen molar-refractivity contribution in [2.45, 2.75) is 19.4 Å². The highest BCUT2D eigenvalue weighted by atomic mass is 16.5. The van der Waals surface area contributed by atoms with Gasteiger partial charge in [-0.25, -0.2) is 4.79 Å². The second kappa shape index (κ2) is 4.97. The van der Waals surface area contributed by atoms with Gasteiger partial charge in [-0.2, -0.15) is 0 Å². The fraction of sp³-hybridized carbons (Fsp3) is 0.167. The van der Waals surface area contributed by atoms with Crippen molar-refractivity contribution in [1.82, 2.24) is 0 Å². The Balaban J connectivity index is 1.91. The highest BCUT2D eigenvalue weighted by Crippen LogP contribution is 2.37. The number of hydrogen-bond acceptors (Lipinski definition) is 2. The molecule has 0 fully saturated rings. The highest BCUT2D eigenvalue weighted by Gasteiger charge is 2.19. The van der Waals surface area contributed by atoms with Gasteiger partial charge in [-0.1, -0.05) is 49.0 Å². The summed E-state index contributed by atoms with van der Waals surface area (Å²) < 4.78 is 5.27. The Hall–Kier alpha value is -2.35. The van der Waals surface area contributed by atoms with Crippen LogP contribution in [0.3, 0.4) is 0 Å². The monoisotopic (exact) mass is 264 g/mol. The number of benzene rings is 2. The van der Waals surface area contributed by atoms with Crippen LogP contribution in [-0.2, 0) is 16.0 Å². The number of carbonyl (C=O) groups excluding carboxylic acids is 1. The molecule has 0 aliphatic heterocycles. The maximum atomic E-state index is 11.3. The molecule has 0 radical (unpaired) electrons. The Labute approximate surface area is 118 Å². The summed E-state index contributed by atoms with van der Waals surface area (Å²) in [5.41, 5.74) is 6.27. The Kier molecular flexibility index (Phi) is 3.15. The molecule has 0 aromatic heterocycles. The van der Waals surface area contributed by atoms with Gasteiger partial charge in [0.05, 0.1) is 0 Å². The summed E-state index contributed by atoms with van der Waals surface area (Å²) in [6.45, 7) is 5.30. The van der Waals surface area contributed by atoms with Crippen LogP contribution >= 0.6 is 0 Å². The molecule has 0 N–H and O–H groups in total. The van der Waals surface area contributed by atoms with Crippen LogP contribution in [0.5, 0.6) is 0 Å². The van der Waals surface area contributed by atoms with Crippen LogP contribution in [0.4, 0.5) is 0 Å². The first-order chi connectivity index (χ1) is 9.69. The lowest BCUT2D eigenvalue weighted by Gasteiger charge is -2.13. The lowest BCUT2D eigenvalue weighted by molar-refractivity contribution is -0.142. The molecule has 2 heteroatoms. The summed E-state index contributed by atoms with van der Waals surface area (Å²) in [4.78, 5) is 11.3. The number of carbonyl (C=O) groups is 1. The van der Waals surface area contributed by atoms with Crippen molar-refractivity contribution >= 4 is 5.97 Å². The van der Waals surface area contributed by atoms with Crippen molar-refractivity contribution in [3.8, 4) is 11.1 Å². The van der Waals surface area contributed by atoms with Gasteiger partial charge < -0.3 is 4.74 Å². The number of ether oxygens (including phenoxy) is 1. The molecule has 2 nitrogen and oxygen atoms in total. The minimum absolute atomic E-state index is 0.255. The molecular weight excluding hydrogens is 248 g/mol. The molecule has 100 valence electrons. The Morgan fingerprint density at radius 1 is 1.20 bits per heavy atom. The van der Waals surface area contributed by atoms with E-state index < -0.39 is 0 Å². The fourth-order valence-corrected chi connectivity index (χ4v) is 2.71. The minimum atomic E-state index is -0.388. The lowest BCUT2D eigenvalue weighted by atomic mass is 10.0. The quantitative estimate of drug-likeness (QED) is 0.527. The summed E-state index contributed by atoms with van der Waals surface area (Å²) in [5.74, 6) is -0.388. The lowest BCUT2D eigenvalue weighted by Crippen LogP contribution is -2.06. The first-order valence-corrected chi connectivity index (χ1v) is 6.73. The maximum absolute atomic E-state index is 11.3. The molecule has 2 aromatic carbocycles. The van der Waals surface area contributed by atoms with Gasteiger partial charge >= 0.3 is 5.97 Å². The second-order valence-electron chi connectivity index (χ2n) is 5.03. The van der Waals surface area contributed by atoms with Crippen molar-refractivity contribution in [3.63, 3.8) is 0 Å². The molecule has 0 amide bonds. The van der Waals surface area contributed by atoms with Gasteiger partial charge in [0.2, 0.25) is 0 Å². The summed E-state index contributed by atoms with van der Waals surface area (Å²) in [5, 5.41) is 0. The Morgan fingerprint density at radius 2 is 1.95 bits per heavy atom. The smallest absolute Gasteiger partial charge is 0.330 e. The van der Waals surface area contributed by atoms with Crippen molar-refractivity contribution in [1.29, 1.82) is 0 Å². The highest BCUT2D eigenvalue weighted by molar-refractivity contribution is 5.81. The average Bonchev–Trinajstić information content (AvgIpc) is 2.84. The topological polar surface area (TPSA) is 26.3 Å². The van der Waals surface area contributed by atoms with E-state index in [1.54, 1.807) is 0 Å². The van der Waals surface area contributed by atoms with E-state index in [0.717, 1.165) is 12.0 Å². The van der Waals surface area contributed by atoms with Gasteiger partial charge in [0.25, 0.3) is 0 Å². The molecule has 0 spiro atoms. The van der Waals surface area contributed by atoms with Crippen LogP contribution in [0.1, 0.15) is 29.7 Å². The van der Waals surface area contributed by atoms with Crippen LogP contribution in [0.15, 0.2) is 55.1 Å². The third-order valence-corrected chi connectivity index (χ3v) is 3.75. The van der Waals surface area contributed by atoms with Crippen molar-refractivity contribution in [2.75, 3.05) is 0 Å². The van der Waals surface area contributed by atoms with E-state index >= 15 is 0 Å². The normalized spacial score (nSPS) is 13.2. The number of esters is 1. The molecular formula is C18H16O2. The van der Waals surface area contributed by atoms with Gasteiger partial charge in [-0.3, -0.25) is 0 Å². The SMILES string of the molecule is C=CC(=O)OC(C)c1ccc2c(c1)Cc1ccccc1-2. The zero-order valence-corrected chi connectivity index (χ0v) is 11.4. The zero-order chi connectivity index (χ0) is 14.1. The van der Waals surface area contributed by atoms with Gasteiger partial charge in [0.1, 0.15) is 6.10 Å². The minimum Gasteiger partial charge on any atom is -0.455 e. The van der Waals surface area contributed by atoms with E-state index in [1.165, 1.54) is 28.3 Å². The van der Waals surface area contributed by atoms with E-state index in [2.05, 4.69) is 43.0 Å². The van der Waals surface area contributed by atoms with E-state index in [-0.39, 0.29) is 12.1 Å². The van der Waals surface area contributed by atoms with Crippen LogP contribution < -0.4 is 0 Å². The Bertz CT molecular complexity index is 686. The summed E-state index contributed by atoms with van der Waals surface area (Å²) >= 11 is 0. The number of fused-ring (bicyclic) bond motifs is 3. The molecule has 0 saturated heterocycles. The predicted octanol–water partition coefficient (Wildman–Crippen LogP) is 4.05. The third-order valence-electron chi connectivity index (χ3n) is 3.75. The molecule has 0 saturated carbocycles. The summed E-state index contributed by atoms with van der Waals surface area (Å²) in [7, 11) is 0.